The van der Waals surface area contributed by atoms with Crippen LogP contribution in [0.2, 0.25) is 0 Å². The first kappa shape index (κ1) is 19.3. The van der Waals surface area contributed by atoms with Crippen LogP contribution in [0.3, 0.4) is 0 Å². The molecule has 1 aliphatic rings. The van der Waals surface area contributed by atoms with E-state index in [0.29, 0.717) is 29.4 Å². The van der Waals surface area contributed by atoms with E-state index in [4.69, 9.17) is 19.6 Å². The number of ether oxygens (including phenoxy) is 2. The highest BCUT2D eigenvalue weighted by Crippen LogP contribution is 2.42. The molecule has 1 saturated carbocycles. The average Bonchev–Trinajstić information content (AvgIpc) is 3.21. The third-order valence-electron chi connectivity index (χ3n) is 5.51. The molecule has 1 amide bonds. The molecule has 0 atom stereocenters. The summed E-state index contributed by atoms with van der Waals surface area (Å²) in [5.41, 5.74) is 7.14. The summed E-state index contributed by atoms with van der Waals surface area (Å²) < 4.78 is 16.1. The number of carbonyl (C=O) groups is 1. The van der Waals surface area contributed by atoms with Gasteiger partial charge in [0.25, 0.3) is 5.91 Å². The second-order valence-corrected chi connectivity index (χ2v) is 7.10. The van der Waals surface area contributed by atoms with Gasteiger partial charge in [-0.1, -0.05) is 25.3 Å². The number of furan rings is 1. The molecule has 2 aromatic rings. The van der Waals surface area contributed by atoms with Crippen molar-refractivity contribution in [3.63, 3.8) is 0 Å². The number of nitrogens with two attached hydrogens (primary N) is 1. The molecular weight excluding hydrogens is 344 g/mol. The summed E-state index contributed by atoms with van der Waals surface area (Å²) in [7, 11) is 3.28. The number of benzene rings is 1. The van der Waals surface area contributed by atoms with Gasteiger partial charge < -0.3 is 24.9 Å². The summed E-state index contributed by atoms with van der Waals surface area (Å²) in [6.07, 6.45) is 7.04. The Morgan fingerprint density at radius 1 is 1.15 bits per heavy atom. The van der Waals surface area contributed by atoms with Crippen molar-refractivity contribution in [2.75, 3.05) is 20.8 Å². The Morgan fingerprint density at radius 2 is 1.89 bits per heavy atom. The van der Waals surface area contributed by atoms with Gasteiger partial charge in [-0.25, -0.2) is 0 Å². The lowest BCUT2D eigenvalue weighted by Gasteiger charge is -2.38. The van der Waals surface area contributed by atoms with Crippen molar-refractivity contribution in [3.8, 4) is 11.5 Å². The maximum atomic E-state index is 12.6. The SMILES string of the molecule is COc1ccc(C2(CNC(=O)c3coc(CN)c3)CCCCC2)cc1OC. The second-order valence-electron chi connectivity index (χ2n) is 7.10. The maximum Gasteiger partial charge on any atom is 0.254 e. The number of hydrogen-bond acceptors (Lipinski definition) is 5. The zero-order valence-electron chi connectivity index (χ0n) is 16.0. The van der Waals surface area contributed by atoms with Crippen molar-refractivity contribution in [2.45, 2.75) is 44.1 Å². The molecule has 6 heteroatoms. The Bertz CT molecular complexity index is 778. The Labute approximate surface area is 160 Å². The van der Waals surface area contributed by atoms with Gasteiger partial charge in [-0.2, -0.15) is 0 Å². The first-order chi connectivity index (χ1) is 13.1. The molecule has 0 aliphatic heterocycles. The van der Waals surface area contributed by atoms with Crippen molar-refractivity contribution in [1.29, 1.82) is 0 Å². The van der Waals surface area contributed by atoms with E-state index >= 15 is 0 Å². The van der Waals surface area contributed by atoms with Crippen LogP contribution in [-0.4, -0.2) is 26.7 Å². The first-order valence-electron chi connectivity index (χ1n) is 9.40. The molecule has 1 heterocycles. The summed E-state index contributed by atoms with van der Waals surface area (Å²) in [6, 6.07) is 7.76. The molecule has 1 aromatic carbocycles. The molecule has 0 spiro atoms. The molecule has 0 saturated heterocycles. The third kappa shape index (κ3) is 4.11. The van der Waals surface area contributed by atoms with Crippen molar-refractivity contribution >= 4 is 5.91 Å². The first-order valence-corrected chi connectivity index (χ1v) is 9.40. The lowest BCUT2D eigenvalue weighted by atomic mass is 9.69. The van der Waals surface area contributed by atoms with Gasteiger partial charge in [0.2, 0.25) is 0 Å². The van der Waals surface area contributed by atoms with E-state index in [1.165, 1.54) is 18.2 Å². The molecule has 1 aliphatic carbocycles. The topological polar surface area (TPSA) is 86.7 Å². The molecule has 0 unspecified atom stereocenters. The van der Waals surface area contributed by atoms with E-state index in [9.17, 15) is 4.79 Å². The number of amides is 1. The predicted molar refractivity (Wildman–Crippen MR) is 103 cm³/mol. The minimum atomic E-state index is -0.135. The monoisotopic (exact) mass is 372 g/mol. The van der Waals surface area contributed by atoms with Crippen molar-refractivity contribution < 1.29 is 18.7 Å². The molecule has 146 valence electrons. The van der Waals surface area contributed by atoms with Crippen LogP contribution in [0.5, 0.6) is 11.5 Å². The van der Waals surface area contributed by atoms with Crippen LogP contribution in [0, 0.1) is 0 Å². The third-order valence-corrected chi connectivity index (χ3v) is 5.51. The van der Waals surface area contributed by atoms with E-state index in [0.717, 1.165) is 25.7 Å². The Hall–Kier alpha value is -2.47. The summed E-state index contributed by atoms with van der Waals surface area (Å²) >= 11 is 0. The maximum absolute atomic E-state index is 12.6. The van der Waals surface area contributed by atoms with E-state index in [-0.39, 0.29) is 17.9 Å². The number of carbonyl (C=O) groups excluding carboxylic acids is 1. The van der Waals surface area contributed by atoms with Gasteiger partial charge in [-0.05, 0) is 36.6 Å². The molecule has 3 N–H and O–H groups in total. The van der Waals surface area contributed by atoms with Gasteiger partial charge in [-0.15, -0.1) is 0 Å². The quantitative estimate of drug-likeness (QED) is 0.778. The van der Waals surface area contributed by atoms with Crippen LogP contribution in [0.15, 0.2) is 34.9 Å². The number of hydrogen-bond donors (Lipinski definition) is 2. The van der Waals surface area contributed by atoms with Crippen LogP contribution in [0.4, 0.5) is 0 Å². The summed E-state index contributed by atoms with van der Waals surface area (Å²) in [4.78, 5) is 12.6. The van der Waals surface area contributed by atoms with Crippen molar-refractivity contribution in [1.82, 2.24) is 5.32 Å². The Balaban J connectivity index is 1.81. The zero-order valence-corrected chi connectivity index (χ0v) is 16.0. The standard InChI is InChI=1S/C21H28N2O4/c1-25-18-7-6-16(11-19(18)26-2)21(8-4-3-5-9-21)14-23-20(24)15-10-17(12-22)27-13-15/h6-7,10-11,13H,3-5,8-9,12,14,22H2,1-2H3,(H,23,24). The van der Waals surface area contributed by atoms with E-state index in [1.54, 1.807) is 20.3 Å². The van der Waals surface area contributed by atoms with Gasteiger partial charge in [0.15, 0.2) is 11.5 Å². The van der Waals surface area contributed by atoms with Gasteiger partial charge in [0, 0.05) is 12.0 Å². The minimum Gasteiger partial charge on any atom is -0.493 e. The normalized spacial score (nSPS) is 16.0. The van der Waals surface area contributed by atoms with E-state index in [2.05, 4.69) is 11.4 Å². The fourth-order valence-corrected chi connectivity index (χ4v) is 3.92. The zero-order chi connectivity index (χ0) is 19.3. The number of nitrogens with one attached hydrogen (secondary N) is 1. The molecule has 0 radical (unpaired) electrons. The smallest absolute Gasteiger partial charge is 0.254 e. The van der Waals surface area contributed by atoms with Crippen molar-refractivity contribution in [2.24, 2.45) is 5.73 Å². The van der Waals surface area contributed by atoms with E-state index in [1.807, 2.05) is 12.1 Å². The van der Waals surface area contributed by atoms with Crippen molar-refractivity contribution in [3.05, 3.63) is 47.4 Å². The molecule has 1 aromatic heterocycles. The van der Waals surface area contributed by atoms with Crippen LogP contribution in [0.25, 0.3) is 0 Å². The lowest BCUT2D eigenvalue weighted by molar-refractivity contribution is 0.0936. The summed E-state index contributed by atoms with van der Waals surface area (Å²) in [5, 5.41) is 3.10. The highest BCUT2D eigenvalue weighted by molar-refractivity contribution is 5.94. The largest absolute Gasteiger partial charge is 0.493 e. The molecule has 3 rings (SSSR count). The predicted octanol–water partition coefficient (Wildman–Crippen LogP) is 3.39. The second kappa shape index (κ2) is 8.48. The number of methoxy groups -OCH3 is 2. The average molecular weight is 372 g/mol. The Kier molecular flexibility index (Phi) is 6.06. The fraction of sp³-hybridized carbons (Fsp3) is 0.476. The molecule has 27 heavy (non-hydrogen) atoms. The molecule has 1 fully saturated rings. The van der Waals surface area contributed by atoms with Crippen LogP contribution >= 0.6 is 0 Å². The van der Waals surface area contributed by atoms with E-state index < -0.39 is 0 Å². The molecule has 0 bridgehead atoms. The summed E-state index contributed by atoms with van der Waals surface area (Å²) in [6.45, 7) is 0.854. The minimum absolute atomic E-state index is 0.103. The summed E-state index contributed by atoms with van der Waals surface area (Å²) in [5.74, 6) is 1.90. The fourth-order valence-electron chi connectivity index (χ4n) is 3.92. The van der Waals surface area contributed by atoms with Gasteiger partial charge >= 0.3 is 0 Å². The molecule has 6 nitrogen and oxygen atoms in total. The van der Waals surface area contributed by atoms with Gasteiger partial charge in [0.1, 0.15) is 12.0 Å². The molecular formula is C21H28N2O4. The van der Waals surface area contributed by atoms with Gasteiger partial charge in [-0.3, -0.25) is 4.79 Å². The highest BCUT2D eigenvalue weighted by Gasteiger charge is 2.35. The van der Waals surface area contributed by atoms with Crippen LogP contribution < -0.4 is 20.5 Å². The lowest BCUT2D eigenvalue weighted by Crippen LogP contribution is -2.42. The van der Waals surface area contributed by atoms with Crippen LogP contribution in [0.1, 0.15) is 53.8 Å². The Morgan fingerprint density at radius 3 is 2.52 bits per heavy atom. The number of rotatable bonds is 7. The van der Waals surface area contributed by atoms with Crippen LogP contribution in [-0.2, 0) is 12.0 Å². The highest BCUT2D eigenvalue weighted by atomic mass is 16.5. The van der Waals surface area contributed by atoms with Gasteiger partial charge in [0.05, 0.1) is 26.3 Å².